The van der Waals surface area contributed by atoms with Crippen molar-refractivity contribution in [3.05, 3.63) is 23.8 Å². The molecule has 2 nitrogen and oxygen atoms in total. The third kappa shape index (κ3) is 2.98. The van der Waals surface area contributed by atoms with Crippen LogP contribution in [0.1, 0.15) is 45.6 Å². The molecule has 1 unspecified atom stereocenters. The van der Waals surface area contributed by atoms with Crippen molar-refractivity contribution in [2.45, 2.75) is 53.0 Å². The number of aryl methyl sites for hydroxylation is 1. The molecule has 18 heavy (non-hydrogen) atoms. The number of hydrogen-bond acceptors (Lipinski definition) is 2. The van der Waals surface area contributed by atoms with E-state index in [9.17, 15) is 0 Å². The van der Waals surface area contributed by atoms with E-state index < -0.39 is 0 Å². The summed E-state index contributed by atoms with van der Waals surface area (Å²) in [5.41, 5.74) is 2.86. The summed E-state index contributed by atoms with van der Waals surface area (Å²) in [6.07, 6.45) is 3.71. The van der Waals surface area contributed by atoms with Crippen LogP contribution in [0.15, 0.2) is 18.2 Å². The zero-order valence-corrected chi connectivity index (χ0v) is 12.0. The van der Waals surface area contributed by atoms with Crippen molar-refractivity contribution in [3.8, 4) is 5.75 Å². The molecule has 0 aliphatic heterocycles. The van der Waals surface area contributed by atoms with Crippen LogP contribution in [0.4, 0.5) is 5.69 Å². The Hall–Kier alpha value is -1.18. The maximum absolute atomic E-state index is 5.84. The van der Waals surface area contributed by atoms with Gasteiger partial charge < -0.3 is 10.1 Å². The van der Waals surface area contributed by atoms with Gasteiger partial charge in [-0.1, -0.05) is 19.9 Å². The number of nitrogens with one attached hydrogen (secondary N) is 1. The van der Waals surface area contributed by atoms with Gasteiger partial charge in [0.15, 0.2) is 0 Å². The number of ether oxygens (including phenoxy) is 1. The highest BCUT2D eigenvalue weighted by Gasteiger charge is 2.42. The predicted molar refractivity (Wildman–Crippen MR) is 77.4 cm³/mol. The molecular weight excluding hydrogens is 222 g/mol. The summed E-state index contributed by atoms with van der Waals surface area (Å²) in [6.45, 7) is 9.65. The van der Waals surface area contributed by atoms with Crippen LogP contribution in [-0.2, 0) is 0 Å². The van der Waals surface area contributed by atoms with Gasteiger partial charge in [0.05, 0.1) is 12.3 Å². The largest absolute Gasteiger partial charge is 0.491 e. The van der Waals surface area contributed by atoms with Gasteiger partial charge in [-0.2, -0.15) is 0 Å². The molecule has 1 aromatic rings. The lowest BCUT2D eigenvalue weighted by atomic mass is 10.0. The fourth-order valence-corrected chi connectivity index (χ4v) is 2.12. The van der Waals surface area contributed by atoms with Crippen LogP contribution < -0.4 is 10.1 Å². The van der Waals surface area contributed by atoms with Crippen LogP contribution >= 0.6 is 0 Å². The van der Waals surface area contributed by atoms with Gasteiger partial charge >= 0.3 is 0 Å². The minimum atomic E-state index is 0.479. The summed E-state index contributed by atoms with van der Waals surface area (Å²) < 4.78 is 5.84. The van der Waals surface area contributed by atoms with E-state index in [4.69, 9.17) is 4.74 Å². The van der Waals surface area contributed by atoms with Gasteiger partial charge in [-0.3, -0.25) is 0 Å². The third-order valence-electron chi connectivity index (χ3n) is 4.05. The number of hydrogen-bond donors (Lipinski definition) is 1. The van der Waals surface area contributed by atoms with Crippen LogP contribution in [0.3, 0.4) is 0 Å². The fraction of sp³-hybridized carbons (Fsp3) is 0.625. The second kappa shape index (κ2) is 5.21. The summed E-state index contributed by atoms with van der Waals surface area (Å²) in [6, 6.07) is 6.91. The lowest BCUT2D eigenvalue weighted by Crippen LogP contribution is -2.25. The maximum Gasteiger partial charge on any atom is 0.142 e. The zero-order chi connectivity index (χ0) is 13.2. The first-order valence-electron chi connectivity index (χ1n) is 7.05. The van der Waals surface area contributed by atoms with E-state index in [-0.39, 0.29) is 0 Å². The first kappa shape index (κ1) is 13.3. The van der Waals surface area contributed by atoms with E-state index in [0.717, 1.165) is 24.5 Å². The third-order valence-corrected chi connectivity index (χ3v) is 4.05. The normalized spacial score (nSPS) is 18.2. The molecule has 0 aromatic heterocycles. The van der Waals surface area contributed by atoms with E-state index in [0.29, 0.717) is 11.5 Å². The Labute approximate surface area is 111 Å². The van der Waals surface area contributed by atoms with Gasteiger partial charge in [-0.15, -0.1) is 0 Å². The first-order valence-corrected chi connectivity index (χ1v) is 7.05. The van der Waals surface area contributed by atoms with E-state index >= 15 is 0 Å². The van der Waals surface area contributed by atoms with E-state index in [2.05, 4.69) is 51.2 Å². The molecule has 0 radical (unpaired) electrons. The van der Waals surface area contributed by atoms with Gasteiger partial charge in [-0.25, -0.2) is 0 Å². The Morgan fingerprint density at radius 1 is 1.39 bits per heavy atom. The first-order chi connectivity index (χ1) is 8.55. The number of anilines is 1. The Morgan fingerprint density at radius 2 is 2.11 bits per heavy atom. The average molecular weight is 247 g/mol. The van der Waals surface area contributed by atoms with E-state index in [1.807, 2.05) is 0 Å². The number of rotatable bonds is 6. The average Bonchev–Trinajstić information content (AvgIpc) is 3.09. The van der Waals surface area contributed by atoms with Gasteiger partial charge in [0.2, 0.25) is 0 Å². The standard InChI is InChI=1S/C16H25NO/c1-5-10-18-15-11-12(2)6-7-14(15)17-13(3)16(4)8-9-16/h6-7,11,13,17H,5,8-10H2,1-4H3. The van der Waals surface area contributed by atoms with Crippen molar-refractivity contribution in [2.24, 2.45) is 5.41 Å². The molecule has 0 spiro atoms. The quantitative estimate of drug-likeness (QED) is 0.805. The van der Waals surface area contributed by atoms with E-state index in [1.165, 1.54) is 18.4 Å². The lowest BCUT2D eigenvalue weighted by Gasteiger charge is -2.23. The highest BCUT2D eigenvalue weighted by molar-refractivity contribution is 5.58. The Morgan fingerprint density at radius 3 is 2.72 bits per heavy atom. The summed E-state index contributed by atoms with van der Waals surface area (Å²) in [5, 5.41) is 3.62. The van der Waals surface area contributed by atoms with Crippen LogP contribution in [0.2, 0.25) is 0 Å². The van der Waals surface area contributed by atoms with Gasteiger partial charge in [0, 0.05) is 6.04 Å². The minimum Gasteiger partial charge on any atom is -0.491 e. The smallest absolute Gasteiger partial charge is 0.142 e. The van der Waals surface area contributed by atoms with Gasteiger partial charge in [0.1, 0.15) is 5.75 Å². The molecule has 1 fully saturated rings. The highest BCUT2D eigenvalue weighted by Crippen LogP contribution is 2.49. The Bertz CT molecular complexity index is 410. The Kier molecular flexibility index (Phi) is 3.84. The molecule has 2 rings (SSSR count). The second-order valence-corrected chi connectivity index (χ2v) is 5.87. The van der Waals surface area contributed by atoms with Gasteiger partial charge in [-0.05, 0) is 56.2 Å². The molecule has 1 saturated carbocycles. The highest BCUT2D eigenvalue weighted by atomic mass is 16.5. The van der Waals surface area contributed by atoms with Crippen LogP contribution in [0.5, 0.6) is 5.75 Å². The molecule has 1 atom stereocenters. The van der Waals surface area contributed by atoms with Crippen LogP contribution in [0.25, 0.3) is 0 Å². The fourth-order valence-electron chi connectivity index (χ4n) is 2.12. The predicted octanol–water partition coefficient (Wildman–Crippen LogP) is 4.38. The molecule has 1 aliphatic rings. The van der Waals surface area contributed by atoms with Crippen molar-refractivity contribution in [3.63, 3.8) is 0 Å². The Balaban J connectivity index is 2.10. The SMILES string of the molecule is CCCOc1cc(C)ccc1NC(C)C1(C)CC1. The molecule has 0 heterocycles. The lowest BCUT2D eigenvalue weighted by molar-refractivity contribution is 0.318. The maximum atomic E-state index is 5.84. The van der Waals surface area contributed by atoms with E-state index in [1.54, 1.807) is 0 Å². The molecule has 1 aliphatic carbocycles. The molecule has 0 amide bonds. The summed E-state index contributed by atoms with van der Waals surface area (Å²) in [7, 11) is 0. The molecule has 1 N–H and O–H groups in total. The summed E-state index contributed by atoms with van der Waals surface area (Å²) in [5.74, 6) is 0.993. The van der Waals surface area contributed by atoms with Crippen LogP contribution in [0, 0.1) is 12.3 Å². The molecule has 2 heteroatoms. The van der Waals surface area contributed by atoms with Crippen molar-refractivity contribution in [1.82, 2.24) is 0 Å². The van der Waals surface area contributed by atoms with Crippen LogP contribution in [-0.4, -0.2) is 12.6 Å². The van der Waals surface area contributed by atoms with Gasteiger partial charge in [0.25, 0.3) is 0 Å². The topological polar surface area (TPSA) is 21.3 Å². The van der Waals surface area contributed by atoms with Crippen molar-refractivity contribution < 1.29 is 4.74 Å². The zero-order valence-electron chi connectivity index (χ0n) is 12.0. The second-order valence-electron chi connectivity index (χ2n) is 5.87. The van der Waals surface area contributed by atoms with Crippen molar-refractivity contribution in [1.29, 1.82) is 0 Å². The minimum absolute atomic E-state index is 0.479. The summed E-state index contributed by atoms with van der Waals surface area (Å²) in [4.78, 5) is 0. The molecule has 0 bridgehead atoms. The molecular formula is C16H25NO. The van der Waals surface area contributed by atoms with Crippen molar-refractivity contribution >= 4 is 5.69 Å². The molecule has 0 saturated heterocycles. The number of benzene rings is 1. The van der Waals surface area contributed by atoms with Crippen molar-refractivity contribution in [2.75, 3.05) is 11.9 Å². The molecule has 100 valence electrons. The summed E-state index contributed by atoms with van der Waals surface area (Å²) >= 11 is 0. The molecule has 1 aromatic carbocycles. The monoisotopic (exact) mass is 247 g/mol.